The largest absolute Gasteiger partial charge is 0.397 e. The number of hydrogen-bond donors (Lipinski definition) is 2. The van der Waals surface area contributed by atoms with Crippen molar-refractivity contribution < 1.29 is 0 Å². The molecule has 0 aliphatic heterocycles. The molecule has 0 unspecified atom stereocenters. The molecule has 0 saturated carbocycles. The van der Waals surface area contributed by atoms with Crippen molar-refractivity contribution in [3.05, 3.63) is 22.5 Å². The summed E-state index contributed by atoms with van der Waals surface area (Å²) >= 11 is 7.33. The maximum absolute atomic E-state index is 5.82. The Morgan fingerprint density at radius 2 is 1.75 bits per heavy atom. The van der Waals surface area contributed by atoms with E-state index in [-0.39, 0.29) is 0 Å². The maximum atomic E-state index is 5.82. The molecule has 12 heavy (non-hydrogen) atoms. The van der Waals surface area contributed by atoms with Gasteiger partial charge in [0, 0.05) is 4.70 Å². The molecule has 2 rings (SSSR count). The lowest BCUT2D eigenvalue weighted by Crippen LogP contribution is -1.92. The summed E-state index contributed by atoms with van der Waals surface area (Å²) < 4.78 is 1.83. The van der Waals surface area contributed by atoms with Crippen LogP contribution in [0.1, 0.15) is 0 Å². The second-order valence-electron chi connectivity index (χ2n) is 2.57. The third kappa shape index (κ3) is 1.11. The number of fused-ring (bicyclic) bond motifs is 1. The Morgan fingerprint density at radius 3 is 2.50 bits per heavy atom. The molecule has 2 nitrogen and oxygen atoms in total. The lowest BCUT2D eigenvalue weighted by atomic mass is 10.2. The fraction of sp³-hybridized carbons (Fsp3) is 0. The van der Waals surface area contributed by atoms with Crippen molar-refractivity contribution in [1.29, 1.82) is 0 Å². The smallest absolute Gasteiger partial charge is 0.0940 e. The molecule has 0 bridgehead atoms. The van der Waals surface area contributed by atoms with Gasteiger partial charge in [-0.1, -0.05) is 11.6 Å². The van der Waals surface area contributed by atoms with Crippen LogP contribution >= 0.6 is 22.9 Å². The van der Waals surface area contributed by atoms with E-state index in [0.717, 1.165) is 14.4 Å². The van der Waals surface area contributed by atoms with Gasteiger partial charge >= 0.3 is 0 Å². The lowest BCUT2D eigenvalue weighted by molar-refractivity contribution is 1.75. The predicted octanol–water partition coefficient (Wildman–Crippen LogP) is 2.72. The topological polar surface area (TPSA) is 52.0 Å². The van der Waals surface area contributed by atoms with Gasteiger partial charge in [-0.15, -0.1) is 11.3 Å². The minimum Gasteiger partial charge on any atom is -0.397 e. The van der Waals surface area contributed by atoms with Gasteiger partial charge in [-0.3, -0.25) is 0 Å². The van der Waals surface area contributed by atoms with Crippen LogP contribution in [0.4, 0.5) is 11.4 Å². The molecular weight excluding hydrogens is 192 g/mol. The predicted molar refractivity (Wildman–Crippen MR) is 55.7 cm³/mol. The second kappa shape index (κ2) is 2.54. The quantitative estimate of drug-likeness (QED) is 0.640. The summed E-state index contributed by atoms with van der Waals surface area (Å²) in [5.74, 6) is 0. The number of hydrogen-bond acceptors (Lipinski definition) is 3. The maximum Gasteiger partial charge on any atom is 0.0940 e. The minimum atomic E-state index is 0.608. The second-order valence-corrected chi connectivity index (χ2v) is 4.28. The minimum absolute atomic E-state index is 0.608. The molecule has 0 amide bonds. The van der Waals surface area contributed by atoms with Crippen molar-refractivity contribution in [2.24, 2.45) is 0 Å². The first-order valence-electron chi connectivity index (χ1n) is 3.41. The Balaban J connectivity index is 2.83. The average molecular weight is 199 g/mol. The normalized spacial score (nSPS) is 10.8. The van der Waals surface area contributed by atoms with Crippen molar-refractivity contribution in [3.8, 4) is 0 Å². The summed E-state index contributed by atoms with van der Waals surface area (Å²) in [5, 5.41) is 1.05. The van der Waals surface area contributed by atoms with Crippen LogP contribution in [0.15, 0.2) is 18.2 Å². The van der Waals surface area contributed by atoms with E-state index in [2.05, 4.69) is 0 Å². The van der Waals surface area contributed by atoms with E-state index in [0.29, 0.717) is 11.4 Å². The van der Waals surface area contributed by atoms with Crippen molar-refractivity contribution in [2.75, 3.05) is 11.5 Å². The molecule has 0 spiro atoms. The van der Waals surface area contributed by atoms with Crippen LogP contribution < -0.4 is 11.5 Å². The van der Waals surface area contributed by atoms with E-state index in [1.807, 2.05) is 18.2 Å². The van der Waals surface area contributed by atoms with Gasteiger partial charge in [0.1, 0.15) is 0 Å². The van der Waals surface area contributed by atoms with Crippen LogP contribution in [-0.2, 0) is 0 Å². The molecule has 62 valence electrons. The monoisotopic (exact) mass is 198 g/mol. The fourth-order valence-corrected chi connectivity index (χ4v) is 2.27. The van der Waals surface area contributed by atoms with Gasteiger partial charge in [0.25, 0.3) is 0 Å². The number of thiophene rings is 1. The van der Waals surface area contributed by atoms with E-state index in [1.54, 1.807) is 0 Å². The number of halogens is 1. The Bertz CT molecular complexity index is 397. The first-order chi connectivity index (χ1) is 5.66. The third-order valence-electron chi connectivity index (χ3n) is 1.69. The summed E-state index contributed by atoms with van der Waals surface area (Å²) in [7, 11) is 0. The molecule has 4 N–H and O–H groups in total. The number of benzene rings is 1. The molecule has 0 aliphatic carbocycles. The number of rotatable bonds is 0. The Hall–Kier alpha value is -0.930. The number of anilines is 2. The summed E-state index contributed by atoms with van der Waals surface area (Å²) in [6.07, 6.45) is 0. The van der Waals surface area contributed by atoms with Gasteiger partial charge in [-0.05, 0) is 23.6 Å². The highest BCUT2D eigenvalue weighted by Crippen LogP contribution is 2.33. The number of nitrogens with two attached hydrogens (primary N) is 2. The highest BCUT2D eigenvalue weighted by atomic mass is 35.5. The average Bonchev–Trinajstić information content (AvgIpc) is 2.30. The summed E-state index contributed by atoms with van der Waals surface area (Å²) in [6.45, 7) is 0. The van der Waals surface area contributed by atoms with Gasteiger partial charge in [0.15, 0.2) is 0 Å². The molecular formula is C8H7ClN2S. The summed E-state index contributed by atoms with van der Waals surface area (Å²) in [4.78, 5) is 0. The number of nitrogen functional groups attached to an aromatic ring is 2. The zero-order valence-electron chi connectivity index (χ0n) is 6.17. The molecule has 0 saturated heterocycles. The van der Waals surface area contributed by atoms with E-state index >= 15 is 0 Å². The van der Waals surface area contributed by atoms with Crippen LogP contribution in [0, 0.1) is 0 Å². The van der Waals surface area contributed by atoms with Crippen molar-refractivity contribution in [2.45, 2.75) is 0 Å². The van der Waals surface area contributed by atoms with Crippen molar-refractivity contribution >= 4 is 44.4 Å². The SMILES string of the molecule is Nc1cc2cc(Cl)sc2cc1N. The van der Waals surface area contributed by atoms with Gasteiger partial charge in [-0.2, -0.15) is 0 Å². The van der Waals surface area contributed by atoms with Crippen LogP contribution in [-0.4, -0.2) is 0 Å². The molecule has 2 aromatic rings. The first-order valence-corrected chi connectivity index (χ1v) is 4.60. The van der Waals surface area contributed by atoms with Gasteiger partial charge < -0.3 is 11.5 Å². The highest BCUT2D eigenvalue weighted by molar-refractivity contribution is 7.22. The molecule has 0 aliphatic rings. The van der Waals surface area contributed by atoms with Crippen LogP contribution in [0.25, 0.3) is 10.1 Å². The first kappa shape index (κ1) is 7.71. The Morgan fingerprint density at radius 1 is 1.08 bits per heavy atom. The van der Waals surface area contributed by atoms with Crippen molar-refractivity contribution in [3.63, 3.8) is 0 Å². The zero-order valence-corrected chi connectivity index (χ0v) is 7.75. The summed E-state index contributed by atoms with van der Waals surface area (Å²) in [5.41, 5.74) is 12.5. The van der Waals surface area contributed by atoms with E-state index in [9.17, 15) is 0 Å². The van der Waals surface area contributed by atoms with Gasteiger partial charge in [-0.25, -0.2) is 0 Å². The highest BCUT2D eigenvalue weighted by Gasteiger charge is 2.02. The van der Waals surface area contributed by atoms with Gasteiger partial charge in [0.05, 0.1) is 15.7 Å². The summed E-state index contributed by atoms with van der Waals surface area (Å²) in [6, 6.07) is 5.58. The molecule has 1 aromatic carbocycles. The zero-order chi connectivity index (χ0) is 8.72. The molecule has 4 heteroatoms. The standard InChI is InChI=1S/C8H7ClN2S/c9-8-2-4-1-5(10)6(11)3-7(4)12-8/h1-3H,10-11H2. The lowest BCUT2D eigenvalue weighted by Gasteiger charge is -1.97. The molecule has 1 aromatic heterocycles. The molecule has 0 fully saturated rings. The van der Waals surface area contributed by atoms with Crippen LogP contribution in [0.2, 0.25) is 4.34 Å². The van der Waals surface area contributed by atoms with Crippen LogP contribution in [0.3, 0.4) is 0 Å². The van der Waals surface area contributed by atoms with Crippen LogP contribution in [0.5, 0.6) is 0 Å². The fourth-order valence-electron chi connectivity index (χ4n) is 1.09. The molecule has 1 heterocycles. The third-order valence-corrected chi connectivity index (χ3v) is 2.92. The van der Waals surface area contributed by atoms with Crippen molar-refractivity contribution in [1.82, 2.24) is 0 Å². The molecule has 0 atom stereocenters. The van der Waals surface area contributed by atoms with E-state index in [1.165, 1.54) is 11.3 Å². The Labute approximate surface area is 78.7 Å². The van der Waals surface area contributed by atoms with E-state index in [4.69, 9.17) is 23.1 Å². The van der Waals surface area contributed by atoms with Gasteiger partial charge in [0.2, 0.25) is 0 Å². The Kier molecular flexibility index (Phi) is 1.63. The molecule has 0 radical (unpaired) electrons. The van der Waals surface area contributed by atoms with E-state index < -0.39 is 0 Å².